The highest BCUT2D eigenvalue weighted by molar-refractivity contribution is 6.66. The first-order valence-corrected chi connectivity index (χ1v) is 6.74. The van der Waals surface area contributed by atoms with Crippen LogP contribution in [0.1, 0.15) is 38.5 Å². The van der Waals surface area contributed by atoms with Crippen molar-refractivity contribution in [3.63, 3.8) is 0 Å². The Bertz CT molecular complexity index is 273. The summed E-state index contributed by atoms with van der Waals surface area (Å²) in [6.07, 6.45) is 6.35. The van der Waals surface area contributed by atoms with Crippen LogP contribution in [0.25, 0.3) is 0 Å². The molecule has 2 saturated carbocycles. The minimum atomic E-state index is -0.386. The van der Waals surface area contributed by atoms with E-state index in [1.54, 1.807) is 0 Å². The van der Waals surface area contributed by atoms with Crippen molar-refractivity contribution >= 4 is 33.7 Å². The number of fused-ring (bicyclic) bond motifs is 1. The fraction of sp³-hybridized carbons (Fsp3) is 0.833. The molecule has 0 saturated heterocycles. The molecule has 0 aliphatic heterocycles. The molecule has 4 heteroatoms. The van der Waals surface area contributed by atoms with Crippen LogP contribution in [0.5, 0.6) is 0 Å². The second-order valence-electron chi connectivity index (χ2n) is 5.10. The predicted octanol–water partition coefficient (Wildman–Crippen LogP) is 3.35. The summed E-state index contributed by atoms with van der Waals surface area (Å²) in [7, 11) is 0. The summed E-state index contributed by atoms with van der Waals surface area (Å²) < 4.78 is 0. The Hall–Kier alpha value is -0.0800. The van der Waals surface area contributed by atoms with Gasteiger partial charge >= 0.3 is 0 Å². The average molecular weight is 263 g/mol. The monoisotopic (exact) mass is 262 g/mol. The Morgan fingerprint density at radius 2 is 1.19 bits per heavy atom. The van der Waals surface area contributed by atoms with Gasteiger partial charge in [0.1, 0.15) is 0 Å². The summed E-state index contributed by atoms with van der Waals surface area (Å²) in [5.41, 5.74) is 0. The minimum Gasteiger partial charge on any atom is -0.281 e. The van der Waals surface area contributed by atoms with Gasteiger partial charge in [-0.05, 0) is 47.9 Å². The van der Waals surface area contributed by atoms with E-state index >= 15 is 0 Å². The van der Waals surface area contributed by atoms with Crippen LogP contribution >= 0.6 is 23.2 Å². The summed E-state index contributed by atoms with van der Waals surface area (Å²) in [6.45, 7) is 0. The van der Waals surface area contributed by atoms with Crippen LogP contribution in [0.3, 0.4) is 0 Å². The molecule has 0 spiro atoms. The normalized spacial score (nSPS) is 38.9. The summed E-state index contributed by atoms with van der Waals surface area (Å²) in [4.78, 5) is 22.7. The zero-order valence-electron chi connectivity index (χ0n) is 9.12. The van der Waals surface area contributed by atoms with Crippen LogP contribution in [-0.4, -0.2) is 10.5 Å². The highest BCUT2D eigenvalue weighted by atomic mass is 35.5. The fourth-order valence-corrected chi connectivity index (χ4v) is 3.87. The molecule has 0 bridgehead atoms. The molecule has 0 N–H and O–H groups in total. The van der Waals surface area contributed by atoms with Gasteiger partial charge in [0, 0.05) is 11.8 Å². The van der Waals surface area contributed by atoms with E-state index in [9.17, 15) is 9.59 Å². The number of halogens is 2. The maximum Gasteiger partial charge on any atom is 0.225 e. The molecule has 0 heterocycles. The third kappa shape index (κ3) is 2.43. The first kappa shape index (κ1) is 12.4. The van der Waals surface area contributed by atoms with Gasteiger partial charge < -0.3 is 0 Å². The summed E-state index contributed by atoms with van der Waals surface area (Å²) in [5.74, 6) is 0.472. The van der Waals surface area contributed by atoms with E-state index in [1.165, 1.54) is 25.7 Å². The molecule has 4 atom stereocenters. The maximum atomic E-state index is 11.3. The van der Waals surface area contributed by atoms with Gasteiger partial charge in [-0.15, -0.1) is 0 Å². The van der Waals surface area contributed by atoms with Crippen molar-refractivity contribution in [3.8, 4) is 0 Å². The Kier molecular flexibility index (Phi) is 3.91. The lowest BCUT2D eigenvalue weighted by Crippen LogP contribution is -2.38. The average Bonchev–Trinajstić information content (AvgIpc) is 2.27. The first-order valence-electron chi connectivity index (χ1n) is 5.98. The molecule has 2 fully saturated rings. The predicted molar refractivity (Wildman–Crippen MR) is 63.4 cm³/mol. The van der Waals surface area contributed by atoms with Gasteiger partial charge in [-0.25, -0.2) is 0 Å². The largest absolute Gasteiger partial charge is 0.281 e. The van der Waals surface area contributed by atoms with E-state index in [2.05, 4.69) is 0 Å². The maximum absolute atomic E-state index is 11.3. The van der Waals surface area contributed by atoms with Gasteiger partial charge in [0.25, 0.3) is 0 Å². The van der Waals surface area contributed by atoms with E-state index in [1.807, 2.05) is 0 Å². The fourth-order valence-electron chi connectivity index (χ4n) is 3.39. The third-order valence-electron chi connectivity index (χ3n) is 4.25. The quantitative estimate of drug-likeness (QED) is 0.716. The second kappa shape index (κ2) is 5.05. The number of carbonyl (C=O) groups excluding carboxylic acids is 2. The molecule has 0 amide bonds. The number of carbonyl (C=O) groups is 2. The van der Waals surface area contributed by atoms with Crippen LogP contribution in [0.2, 0.25) is 0 Å². The van der Waals surface area contributed by atoms with Gasteiger partial charge in [0.05, 0.1) is 0 Å². The van der Waals surface area contributed by atoms with Crippen molar-refractivity contribution in [2.45, 2.75) is 38.5 Å². The molecule has 2 rings (SSSR count). The smallest absolute Gasteiger partial charge is 0.225 e. The van der Waals surface area contributed by atoms with E-state index in [0.29, 0.717) is 11.8 Å². The van der Waals surface area contributed by atoms with E-state index < -0.39 is 0 Å². The van der Waals surface area contributed by atoms with Crippen molar-refractivity contribution in [2.24, 2.45) is 23.7 Å². The Balaban J connectivity index is 2.13. The van der Waals surface area contributed by atoms with Crippen LogP contribution in [0.15, 0.2) is 0 Å². The summed E-state index contributed by atoms with van der Waals surface area (Å²) in [6, 6.07) is 0. The Morgan fingerprint density at radius 3 is 1.50 bits per heavy atom. The van der Waals surface area contributed by atoms with Crippen molar-refractivity contribution in [1.29, 1.82) is 0 Å². The molecule has 0 aromatic rings. The van der Waals surface area contributed by atoms with Gasteiger partial charge in [-0.3, -0.25) is 9.59 Å². The lowest BCUT2D eigenvalue weighted by Gasteiger charge is -2.41. The molecule has 90 valence electrons. The van der Waals surface area contributed by atoms with Gasteiger partial charge in [0.2, 0.25) is 10.5 Å². The molecule has 16 heavy (non-hydrogen) atoms. The second-order valence-corrected chi connectivity index (χ2v) is 5.84. The van der Waals surface area contributed by atoms with E-state index in [4.69, 9.17) is 23.2 Å². The number of hydrogen-bond acceptors (Lipinski definition) is 2. The number of hydrogen-bond donors (Lipinski definition) is 0. The van der Waals surface area contributed by atoms with E-state index in [0.717, 1.165) is 12.8 Å². The molecule has 2 nitrogen and oxygen atoms in total. The Morgan fingerprint density at radius 1 is 0.812 bits per heavy atom. The molecule has 0 aromatic heterocycles. The zero-order chi connectivity index (χ0) is 11.7. The van der Waals surface area contributed by atoms with Crippen LogP contribution in [0.4, 0.5) is 0 Å². The Labute approximate surface area is 106 Å². The van der Waals surface area contributed by atoms with Crippen molar-refractivity contribution < 1.29 is 9.59 Å². The van der Waals surface area contributed by atoms with Gasteiger partial charge in [-0.2, -0.15) is 0 Å². The molecule has 0 radical (unpaired) electrons. The first-order chi connectivity index (χ1) is 7.59. The molecule has 2 aliphatic carbocycles. The summed E-state index contributed by atoms with van der Waals surface area (Å²) >= 11 is 11.2. The lowest BCUT2D eigenvalue weighted by molar-refractivity contribution is -0.128. The van der Waals surface area contributed by atoms with Gasteiger partial charge in [-0.1, -0.05) is 25.7 Å². The van der Waals surface area contributed by atoms with Crippen LogP contribution in [0, 0.1) is 23.7 Å². The molecular weight excluding hydrogens is 247 g/mol. The van der Waals surface area contributed by atoms with Crippen molar-refractivity contribution in [2.75, 3.05) is 0 Å². The molecular formula is C12H16Cl2O2. The van der Waals surface area contributed by atoms with Crippen LogP contribution < -0.4 is 0 Å². The van der Waals surface area contributed by atoms with Gasteiger partial charge in [0.15, 0.2) is 0 Å². The standard InChI is InChI=1S/C12H16Cl2O2/c13-11(15)9-5-7-3-1-2-4-8(7)6-10(9)12(14)16/h7-10H,1-6H2. The highest BCUT2D eigenvalue weighted by Crippen LogP contribution is 2.46. The van der Waals surface area contributed by atoms with E-state index in [-0.39, 0.29) is 22.3 Å². The lowest BCUT2D eigenvalue weighted by atomic mass is 9.64. The van der Waals surface area contributed by atoms with Crippen molar-refractivity contribution in [3.05, 3.63) is 0 Å². The number of rotatable bonds is 2. The molecule has 2 aliphatic rings. The third-order valence-corrected chi connectivity index (χ3v) is 4.81. The van der Waals surface area contributed by atoms with Crippen molar-refractivity contribution in [1.82, 2.24) is 0 Å². The zero-order valence-corrected chi connectivity index (χ0v) is 10.6. The SMILES string of the molecule is O=C(Cl)C1CC2CCCCC2CC1C(=O)Cl. The minimum absolute atomic E-state index is 0.342. The summed E-state index contributed by atoms with van der Waals surface area (Å²) in [5, 5.41) is -0.772. The van der Waals surface area contributed by atoms with Crippen LogP contribution in [-0.2, 0) is 9.59 Å². The molecule has 0 aromatic carbocycles. The highest BCUT2D eigenvalue weighted by Gasteiger charge is 2.43. The molecule has 4 unspecified atom stereocenters. The topological polar surface area (TPSA) is 34.1 Å².